The third-order valence-electron chi connectivity index (χ3n) is 4.38. The summed E-state index contributed by atoms with van der Waals surface area (Å²) in [6.45, 7) is 10.0. The van der Waals surface area contributed by atoms with Crippen molar-refractivity contribution in [3.63, 3.8) is 0 Å². The molecule has 3 rings (SSSR count). The van der Waals surface area contributed by atoms with Gasteiger partial charge in [-0.05, 0) is 20.9 Å². The molecule has 0 aromatic carbocycles. The van der Waals surface area contributed by atoms with Crippen molar-refractivity contribution in [2.45, 2.75) is 26.4 Å². The molecule has 0 unspecified atom stereocenters. The lowest BCUT2D eigenvalue weighted by Crippen LogP contribution is -2.42. The van der Waals surface area contributed by atoms with Gasteiger partial charge in [0.1, 0.15) is 5.76 Å². The van der Waals surface area contributed by atoms with Crippen LogP contribution in [-0.4, -0.2) is 60.9 Å². The van der Waals surface area contributed by atoms with Crippen LogP contribution in [0.2, 0.25) is 0 Å². The van der Waals surface area contributed by atoms with E-state index >= 15 is 0 Å². The van der Waals surface area contributed by atoms with Crippen LogP contribution in [0.5, 0.6) is 0 Å². The normalized spacial score (nSPS) is 29.4. The van der Waals surface area contributed by atoms with E-state index < -0.39 is 0 Å². The number of ether oxygens (including phenoxy) is 1. The van der Waals surface area contributed by atoms with E-state index in [0.717, 1.165) is 50.8 Å². The summed E-state index contributed by atoms with van der Waals surface area (Å²) in [5.41, 5.74) is 2.28. The van der Waals surface area contributed by atoms with Crippen molar-refractivity contribution in [1.29, 1.82) is 0 Å². The van der Waals surface area contributed by atoms with Crippen LogP contribution in [0, 0.1) is 19.8 Å². The van der Waals surface area contributed by atoms with Gasteiger partial charge in [0.25, 0.3) is 0 Å². The molecular formula is C14H23N3O2. The average Bonchev–Trinajstić information content (AvgIpc) is 2.52. The summed E-state index contributed by atoms with van der Waals surface area (Å²) in [5.74, 6) is 1.56. The highest BCUT2D eigenvalue weighted by Crippen LogP contribution is 2.22. The topological polar surface area (TPSA) is 41.7 Å². The van der Waals surface area contributed by atoms with Crippen LogP contribution >= 0.6 is 0 Å². The van der Waals surface area contributed by atoms with Gasteiger partial charge in [-0.2, -0.15) is 0 Å². The molecule has 0 radical (unpaired) electrons. The molecule has 3 heterocycles. The maximum atomic E-state index is 5.76. The molecule has 2 aliphatic rings. The van der Waals surface area contributed by atoms with E-state index in [9.17, 15) is 0 Å². The summed E-state index contributed by atoms with van der Waals surface area (Å²) in [5, 5.41) is 4.06. The van der Waals surface area contributed by atoms with Crippen molar-refractivity contribution in [3.05, 3.63) is 17.0 Å². The summed E-state index contributed by atoms with van der Waals surface area (Å²) in [6.07, 6.45) is 0. The molecule has 2 fully saturated rings. The van der Waals surface area contributed by atoms with Gasteiger partial charge in [-0.1, -0.05) is 5.16 Å². The lowest BCUT2D eigenvalue weighted by atomic mass is 10.1. The summed E-state index contributed by atoms with van der Waals surface area (Å²) < 4.78 is 11.0. The van der Waals surface area contributed by atoms with Gasteiger partial charge >= 0.3 is 0 Å². The summed E-state index contributed by atoms with van der Waals surface area (Å²) in [7, 11) is 2.21. The van der Waals surface area contributed by atoms with Gasteiger partial charge in [-0.15, -0.1) is 0 Å². The zero-order chi connectivity index (χ0) is 13.4. The minimum atomic E-state index is 0.507. The Balaban J connectivity index is 1.75. The fourth-order valence-electron chi connectivity index (χ4n) is 3.23. The minimum Gasteiger partial charge on any atom is -0.379 e. The van der Waals surface area contributed by atoms with E-state index in [2.05, 4.69) is 22.0 Å². The van der Waals surface area contributed by atoms with Crippen LogP contribution in [0.1, 0.15) is 17.0 Å². The standard InChI is InChI=1S/C14H23N3O2/c1-10-14(11(2)19-15-10)7-17-5-12-4-16(3)13(6-17)9-18-8-12/h12-13H,4-9H2,1-3H3/t12-,13+/m1/s1. The molecule has 1 aromatic heterocycles. The van der Waals surface area contributed by atoms with Gasteiger partial charge in [-0.25, -0.2) is 0 Å². The van der Waals surface area contributed by atoms with Crippen LogP contribution in [0.4, 0.5) is 0 Å². The molecule has 0 saturated carbocycles. The molecule has 0 aliphatic carbocycles. The summed E-state index contributed by atoms with van der Waals surface area (Å²) in [6, 6.07) is 0.507. The Hall–Kier alpha value is -0.910. The molecule has 2 saturated heterocycles. The Morgan fingerprint density at radius 3 is 2.79 bits per heavy atom. The lowest BCUT2D eigenvalue weighted by molar-refractivity contribution is 0.0514. The van der Waals surface area contributed by atoms with Crippen LogP contribution in [-0.2, 0) is 11.3 Å². The van der Waals surface area contributed by atoms with Crippen LogP contribution in [0.3, 0.4) is 0 Å². The highest BCUT2D eigenvalue weighted by atomic mass is 16.5. The van der Waals surface area contributed by atoms with E-state index in [4.69, 9.17) is 9.26 Å². The molecule has 5 nitrogen and oxygen atoms in total. The number of rotatable bonds is 2. The monoisotopic (exact) mass is 265 g/mol. The fraction of sp³-hybridized carbons (Fsp3) is 0.786. The van der Waals surface area contributed by atoms with Crippen molar-refractivity contribution in [3.8, 4) is 0 Å². The predicted octanol–water partition coefficient (Wildman–Crippen LogP) is 1.05. The Kier molecular flexibility index (Phi) is 3.60. The van der Waals surface area contributed by atoms with Gasteiger partial charge in [0.15, 0.2) is 0 Å². The molecule has 2 atom stereocenters. The Morgan fingerprint density at radius 2 is 2.05 bits per heavy atom. The first-order valence-electron chi connectivity index (χ1n) is 7.05. The van der Waals surface area contributed by atoms with Crippen molar-refractivity contribution in [2.24, 2.45) is 5.92 Å². The van der Waals surface area contributed by atoms with E-state index in [1.807, 2.05) is 13.8 Å². The first-order valence-corrected chi connectivity index (χ1v) is 7.05. The quantitative estimate of drug-likeness (QED) is 0.799. The third kappa shape index (κ3) is 2.68. The highest BCUT2D eigenvalue weighted by Gasteiger charge is 2.31. The Labute approximate surface area is 114 Å². The van der Waals surface area contributed by atoms with E-state index in [1.165, 1.54) is 5.56 Å². The predicted molar refractivity (Wildman–Crippen MR) is 72.0 cm³/mol. The van der Waals surface area contributed by atoms with Crippen LogP contribution in [0.15, 0.2) is 4.52 Å². The molecule has 1 aromatic rings. The van der Waals surface area contributed by atoms with Crippen molar-refractivity contribution >= 4 is 0 Å². The van der Waals surface area contributed by atoms with Crippen molar-refractivity contribution in [1.82, 2.24) is 15.0 Å². The number of hydrogen-bond donors (Lipinski definition) is 0. The van der Waals surface area contributed by atoms with Gasteiger partial charge in [0.05, 0.1) is 18.9 Å². The van der Waals surface area contributed by atoms with Gasteiger partial charge < -0.3 is 9.26 Å². The molecule has 2 bridgehead atoms. The van der Waals surface area contributed by atoms with E-state index in [0.29, 0.717) is 12.0 Å². The van der Waals surface area contributed by atoms with E-state index in [1.54, 1.807) is 0 Å². The smallest absolute Gasteiger partial charge is 0.138 e. The molecule has 5 heteroatoms. The molecule has 2 aliphatic heterocycles. The number of fused-ring (bicyclic) bond motifs is 3. The minimum absolute atomic E-state index is 0.507. The summed E-state index contributed by atoms with van der Waals surface area (Å²) >= 11 is 0. The largest absolute Gasteiger partial charge is 0.379 e. The number of likely N-dealkylation sites (N-methyl/N-ethyl adjacent to an activating group) is 1. The first kappa shape index (κ1) is 13.1. The molecule has 19 heavy (non-hydrogen) atoms. The van der Waals surface area contributed by atoms with Crippen LogP contribution < -0.4 is 0 Å². The Morgan fingerprint density at radius 1 is 1.21 bits per heavy atom. The average molecular weight is 265 g/mol. The van der Waals surface area contributed by atoms with E-state index in [-0.39, 0.29) is 0 Å². The maximum absolute atomic E-state index is 5.76. The maximum Gasteiger partial charge on any atom is 0.138 e. The lowest BCUT2D eigenvalue weighted by Gasteiger charge is -2.29. The highest BCUT2D eigenvalue weighted by molar-refractivity contribution is 5.20. The number of nitrogens with zero attached hydrogens (tertiary/aromatic N) is 3. The zero-order valence-corrected chi connectivity index (χ0v) is 12.1. The van der Waals surface area contributed by atoms with Crippen molar-refractivity contribution in [2.75, 3.05) is 39.9 Å². The number of aromatic nitrogens is 1. The van der Waals surface area contributed by atoms with Crippen molar-refractivity contribution < 1.29 is 9.26 Å². The van der Waals surface area contributed by atoms with Gasteiger partial charge in [0.2, 0.25) is 0 Å². The fourth-order valence-corrected chi connectivity index (χ4v) is 3.23. The molecule has 0 spiro atoms. The molecule has 0 N–H and O–H groups in total. The first-order chi connectivity index (χ1) is 9.13. The second-order valence-electron chi connectivity index (χ2n) is 5.99. The second-order valence-corrected chi connectivity index (χ2v) is 5.99. The zero-order valence-electron chi connectivity index (χ0n) is 12.1. The second kappa shape index (κ2) is 5.23. The Bertz CT molecular complexity index is 426. The number of hydrogen-bond acceptors (Lipinski definition) is 5. The SMILES string of the molecule is Cc1noc(C)c1CN1C[C@@H]2COC[C@H](C1)N(C)C2. The molecule has 0 amide bonds. The third-order valence-corrected chi connectivity index (χ3v) is 4.38. The summed E-state index contributed by atoms with van der Waals surface area (Å²) in [4.78, 5) is 4.99. The molecular weight excluding hydrogens is 242 g/mol. The van der Waals surface area contributed by atoms with Gasteiger partial charge in [0, 0.05) is 43.7 Å². The number of aryl methyl sites for hydroxylation is 2. The molecule has 106 valence electrons. The van der Waals surface area contributed by atoms with Crippen LogP contribution in [0.25, 0.3) is 0 Å². The van der Waals surface area contributed by atoms with Gasteiger partial charge in [-0.3, -0.25) is 9.80 Å².